The lowest BCUT2D eigenvalue weighted by atomic mass is 10.1. The van der Waals surface area contributed by atoms with Crippen molar-refractivity contribution >= 4 is 51.3 Å². The zero-order valence-corrected chi connectivity index (χ0v) is 20.0. The minimum atomic E-state index is -0.377. The van der Waals surface area contributed by atoms with Gasteiger partial charge in [-0.3, -0.25) is 4.79 Å². The van der Waals surface area contributed by atoms with E-state index in [1.807, 2.05) is 73.7 Å². The van der Waals surface area contributed by atoms with Crippen LogP contribution in [0.3, 0.4) is 0 Å². The maximum Gasteiger partial charge on any atom is 0.312 e. The fraction of sp³-hybridized carbons (Fsp3) is 0.125. The van der Waals surface area contributed by atoms with E-state index in [0.29, 0.717) is 21.8 Å². The molecule has 0 atom stereocenters. The highest BCUT2D eigenvalue weighted by molar-refractivity contribution is 7.80. The smallest absolute Gasteiger partial charge is 0.312 e. The van der Waals surface area contributed by atoms with Crippen LogP contribution in [0.5, 0.6) is 0 Å². The summed E-state index contributed by atoms with van der Waals surface area (Å²) in [7, 11) is 0. The first-order chi connectivity index (χ1) is 16.5. The van der Waals surface area contributed by atoms with E-state index in [0.717, 1.165) is 27.4 Å². The molecule has 0 spiro atoms. The van der Waals surface area contributed by atoms with Gasteiger partial charge in [0.2, 0.25) is 0 Å². The van der Waals surface area contributed by atoms with Crippen LogP contribution < -0.4 is 16.4 Å². The van der Waals surface area contributed by atoms with Crippen LogP contribution in [-0.4, -0.2) is 26.3 Å². The summed E-state index contributed by atoms with van der Waals surface area (Å²) < 4.78 is 5.45. The van der Waals surface area contributed by atoms with Crippen LogP contribution in [0, 0.1) is 6.92 Å². The van der Waals surface area contributed by atoms with Crippen LogP contribution in [0.2, 0.25) is 0 Å². The molecule has 4 N–H and O–H groups in total. The van der Waals surface area contributed by atoms with Gasteiger partial charge in [-0.25, -0.2) is 4.98 Å². The molecule has 2 aromatic carbocycles. The van der Waals surface area contributed by atoms with E-state index in [9.17, 15) is 4.79 Å². The molecule has 0 radical (unpaired) electrons. The molecule has 4 aromatic rings. The molecule has 0 aliphatic rings. The molecule has 2 heterocycles. The maximum atomic E-state index is 12.3. The number of hydrogen-bond donors (Lipinski definition) is 3. The summed E-state index contributed by atoms with van der Waals surface area (Å²) >= 11 is 6.78. The van der Waals surface area contributed by atoms with Gasteiger partial charge in [-0.15, -0.1) is 21.5 Å². The first kappa shape index (κ1) is 23.3. The number of nitrogens with two attached hydrogens (primary N) is 1. The van der Waals surface area contributed by atoms with Crippen molar-refractivity contribution in [1.29, 1.82) is 0 Å². The molecule has 0 unspecified atom stereocenters. The number of esters is 1. The molecule has 10 heteroatoms. The van der Waals surface area contributed by atoms with Crippen molar-refractivity contribution in [3.63, 3.8) is 0 Å². The number of nitrogens with zero attached hydrogens (tertiary/aromatic N) is 3. The van der Waals surface area contributed by atoms with Crippen molar-refractivity contribution in [2.24, 2.45) is 0 Å². The number of aryl methyl sites for hydroxylation is 1. The quantitative estimate of drug-likeness (QED) is 0.253. The Hall–Kier alpha value is -3.89. The predicted molar refractivity (Wildman–Crippen MR) is 139 cm³/mol. The summed E-state index contributed by atoms with van der Waals surface area (Å²) in [5, 5.41) is 15.4. The highest BCUT2D eigenvalue weighted by atomic mass is 32.1. The largest absolute Gasteiger partial charge is 0.460 e. The molecule has 4 rings (SSSR count). The molecular formula is C24H22N6O2S2. The van der Waals surface area contributed by atoms with Crippen LogP contribution in [-0.2, 0) is 22.6 Å². The van der Waals surface area contributed by atoms with Gasteiger partial charge >= 0.3 is 5.97 Å². The van der Waals surface area contributed by atoms with Gasteiger partial charge in [-0.1, -0.05) is 48.5 Å². The van der Waals surface area contributed by atoms with Crippen LogP contribution in [0.25, 0.3) is 11.3 Å². The number of anilines is 3. The van der Waals surface area contributed by atoms with E-state index in [4.69, 9.17) is 22.7 Å². The Morgan fingerprint density at radius 3 is 2.50 bits per heavy atom. The predicted octanol–water partition coefficient (Wildman–Crippen LogP) is 4.59. The monoisotopic (exact) mass is 490 g/mol. The topological polar surface area (TPSA) is 115 Å². The Labute approximate surface area is 206 Å². The van der Waals surface area contributed by atoms with E-state index in [-0.39, 0.29) is 19.0 Å². The summed E-state index contributed by atoms with van der Waals surface area (Å²) in [5.41, 5.74) is 9.59. The van der Waals surface area contributed by atoms with Crippen molar-refractivity contribution in [3.8, 4) is 11.3 Å². The van der Waals surface area contributed by atoms with Crippen molar-refractivity contribution in [3.05, 3.63) is 82.9 Å². The SMILES string of the molecule is Cc1sc(N)nc1CC(=O)OCc1ccccc1NC(=S)Nc1ccc(-c2ccccc2)nn1. The van der Waals surface area contributed by atoms with Gasteiger partial charge in [0.15, 0.2) is 16.1 Å². The van der Waals surface area contributed by atoms with Crippen LogP contribution in [0.4, 0.5) is 16.6 Å². The Morgan fingerprint density at radius 1 is 1.03 bits per heavy atom. The molecular weight excluding hydrogens is 468 g/mol. The Kier molecular flexibility index (Phi) is 7.41. The van der Waals surface area contributed by atoms with Crippen LogP contribution >= 0.6 is 23.6 Å². The average Bonchev–Trinajstić information content (AvgIpc) is 3.15. The average molecular weight is 491 g/mol. The number of nitrogens with one attached hydrogen (secondary N) is 2. The molecule has 172 valence electrons. The van der Waals surface area contributed by atoms with E-state index in [1.54, 1.807) is 0 Å². The number of thiazole rings is 1. The number of benzene rings is 2. The van der Waals surface area contributed by atoms with Crippen molar-refractivity contribution in [2.75, 3.05) is 16.4 Å². The molecule has 0 amide bonds. The zero-order chi connectivity index (χ0) is 23.9. The number of aromatic nitrogens is 3. The number of ether oxygens (including phenoxy) is 1. The molecule has 0 fully saturated rings. The van der Waals surface area contributed by atoms with E-state index >= 15 is 0 Å². The Balaban J connectivity index is 1.33. The summed E-state index contributed by atoms with van der Waals surface area (Å²) in [4.78, 5) is 17.4. The normalized spacial score (nSPS) is 10.5. The van der Waals surface area contributed by atoms with Gasteiger partial charge in [-0.05, 0) is 37.3 Å². The van der Waals surface area contributed by atoms with Gasteiger partial charge in [0.1, 0.15) is 6.61 Å². The Bertz CT molecular complexity index is 1290. The maximum absolute atomic E-state index is 12.3. The first-order valence-corrected chi connectivity index (χ1v) is 11.6. The minimum absolute atomic E-state index is 0.0761. The van der Waals surface area contributed by atoms with Crippen molar-refractivity contribution in [1.82, 2.24) is 15.2 Å². The lowest BCUT2D eigenvalue weighted by Gasteiger charge is -2.14. The third-order valence-electron chi connectivity index (χ3n) is 4.85. The molecule has 0 aliphatic carbocycles. The van der Waals surface area contributed by atoms with Crippen molar-refractivity contribution < 1.29 is 9.53 Å². The molecule has 0 aliphatic heterocycles. The second kappa shape index (κ2) is 10.8. The number of rotatable bonds is 7. The summed E-state index contributed by atoms with van der Waals surface area (Å²) in [6, 6.07) is 20.9. The second-order valence-electron chi connectivity index (χ2n) is 7.30. The number of hydrogen-bond acceptors (Lipinski definition) is 8. The van der Waals surface area contributed by atoms with Gasteiger partial charge in [0.05, 0.1) is 17.8 Å². The number of carbonyl (C=O) groups excluding carboxylic acids is 1. The first-order valence-electron chi connectivity index (χ1n) is 10.4. The molecule has 0 saturated heterocycles. The summed E-state index contributed by atoms with van der Waals surface area (Å²) in [6.07, 6.45) is 0.0761. The molecule has 34 heavy (non-hydrogen) atoms. The fourth-order valence-corrected chi connectivity index (χ4v) is 4.08. The van der Waals surface area contributed by atoms with E-state index in [1.165, 1.54) is 11.3 Å². The lowest BCUT2D eigenvalue weighted by molar-refractivity contribution is -0.144. The molecule has 0 saturated carbocycles. The lowest BCUT2D eigenvalue weighted by Crippen LogP contribution is -2.21. The Morgan fingerprint density at radius 2 is 1.79 bits per heavy atom. The number of para-hydroxylation sites is 1. The number of thiocarbonyl (C=S) groups is 1. The fourth-order valence-electron chi connectivity index (χ4n) is 3.16. The van der Waals surface area contributed by atoms with Gasteiger partial charge in [-0.2, -0.15) is 0 Å². The van der Waals surface area contributed by atoms with Crippen molar-refractivity contribution in [2.45, 2.75) is 20.0 Å². The van der Waals surface area contributed by atoms with Gasteiger partial charge in [0, 0.05) is 21.7 Å². The van der Waals surface area contributed by atoms with E-state index < -0.39 is 0 Å². The van der Waals surface area contributed by atoms with Gasteiger partial charge in [0.25, 0.3) is 0 Å². The molecule has 8 nitrogen and oxygen atoms in total. The summed E-state index contributed by atoms with van der Waals surface area (Å²) in [6.45, 7) is 1.97. The zero-order valence-electron chi connectivity index (χ0n) is 18.3. The minimum Gasteiger partial charge on any atom is -0.460 e. The third kappa shape index (κ3) is 6.12. The van der Waals surface area contributed by atoms with Gasteiger partial charge < -0.3 is 21.1 Å². The highest BCUT2D eigenvalue weighted by Crippen LogP contribution is 2.21. The number of nitrogen functional groups attached to an aromatic ring is 1. The second-order valence-corrected chi connectivity index (χ2v) is 8.94. The number of carbonyl (C=O) groups is 1. The van der Waals surface area contributed by atoms with Crippen LogP contribution in [0.15, 0.2) is 66.7 Å². The third-order valence-corrected chi connectivity index (χ3v) is 5.90. The highest BCUT2D eigenvalue weighted by Gasteiger charge is 2.13. The molecule has 2 aromatic heterocycles. The van der Waals surface area contributed by atoms with E-state index in [2.05, 4.69) is 25.8 Å². The summed E-state index contributed by atoms with van der Waals surface area (Å²) in [5.74, 6) is 0.136. The van der Waals surface area contributed by atoms with Crippen LogP contribution in [0.1, 0.15) is 16.1 Å². The molecule has 0 bridgehead atoms. The standard InChI is InChI=1S/C24H22N6O2S2/c1-15-20(26-23(25)34-15)13-22(31)32-14-17-9-5-6-10-18(17)27-24(33)28-21-12-11-19(29-30-21)16-7-3-2-4-8-16/h2-12H,13-14H2,1H3,(H2,25,26)(H2,27,28,30,33).